The standard InChI is InChI=1S/C29H30F3N7O5S/c1-17-5-6-19(22(13-24(40)41)21-7-9-38-25(18(21)2)35-36-27(38)29(30,31)32)12-20(17)14-37-15-28(33)16-44-11-10-39(28)26-23(45(37,42)43)4-3-8-34-26/h3-9,12,22H,10-11,13-16,33H2,1-2H3,(H,40,41)/t22-,28-/m1/s1. The van der Waals surface area contributed by atoms with E-state index in [1.165, 1.54) is 28.8 Å². The van der Waals surface area contributed by atoms with Crippen LogP contribution >= 0.6 is 0 Å². The minimum Gasteiger partial charge on any atom is -0.481 e. The van der Waals surface area contributed by atoms with Gasteiger partial charge in [0.25, 0.3) is 0 Å². The van der Waals surface area contributed by atoms with E-state index in [0.717, 1.165) is 9.96 Å². The maximum Gasteiger partial charge on any atom is 0.452 e. The number of sulfonamides is 1. The van der Waals surface area contributed by atoms with Crippen molar-refractivity contribution in [3.05, 3.63) is 82.4 Å². The Labute approximate surface area is 256 Å². The van der Waals surface area contributed by atoms with Gasteiger partial charge in [0, 0.05) is 31.4 Å². The number of aryl methyl sites for hydroxylation is 2. The Morgan fingerprint density at radius 2 is 1.98 bits per heavy atom. The number of halogens is 3. The van der Waals surface area contributed by atoms with E-state index in [0.29, 0.717) is 35.4 Å². The number of morpholine rings is 1. The summed E-state index contributed by atoms with van der Waals surface area (Å²) in [4.78, 5) is 18.2. The van der Waals surface area contributed by atoms with Crippen molar-refractivity contribution >= 4 is 27.5 Å². The zero-order valence-electron chi connectivity index (χ0n) is 24.3. The molecule has 45 heavy (non-hydrogen) atoms. The van der Waals surface area contributed by atoms with Crippen molar-refractivity contribution in [1.82, 2.24) is 23.9 Å². The van der Waals surface area contributed by atoms with Crippen LogP contribution in [0.15, 0.2) is 53.7 Å². The Balaban J connectivity index is 1.42. The van der Waals surface area contributed by atoms with Crippen molar-refractivity contribution in [2.75, 3.05) is 31.2 Å². The van der Waals surface area contributed by atoms with Gasteiger partial charge in [-0.15, -0.1) is 10.2 Å². The third-order valence-electron chi connectivity index (χ3n) is 8.42. The van der Waals surface area contributed by atoms with E-state index in [2.05, 4.69) is 15.2 Å². The molecule has 0 aliphatic carbocycles. The average molecular weight is 646 g/mol. The highest BCUT2D eigenvalue weighted by Crippen LogP contribution is 2.38. The summed E-state index contributed by atoms with van der Waals surface area (Å²) >= 11 is 0. The van der Waals surface area contributed by atoms with Crippen LogP contribution in [0.2, 0.25) is 0 Å². The van der Waals surface area contributed by atoms with Crippen molar-refractivity contribution in [2.45, 2.75) is 49.5 Å². The lowest BCUT2D eigenvalue weighted by atomic mass is 9.85. The van der Waals surface area contributed by atoms with Gasteiger partial charge in [-0.05, 0) is 59.9 Å². The van der Waals surface area contributed by atoms with Gasteiger partial charge >= 0.3 is 12.1 Å². The number of rotatable bonds is 6. The zero-order valence-corrected chi connectivity index (χ0v) is 25.1. The predicted octanol–water partition coefficient (Wildman–Crippen LogP) is 3.06. The summed E-state index contributed by atoms with van der Waals surface area (Å²) in [6, 6.07) is 9.71. The molecule has 238 valence electrons. The quantitative estimate of drug-likeness (QED) is 0.320. The van der Waals surface area contributed by atoms with E-state index in [1.807, 2.05) is 6.92 Å². The average Bonchev–Trinajstić information content (AvgIpc) is 3.41. The summed E-state index contributed by atoms with van der Waals surface area (Å²) in [6.45, 7) is 3.99. The first-order valence-corrected chi connectivity index (χ1v) is 15.5. The number of aromatic nitrogens is 4. The topological polar surface area (TPSA) is 156 Å². The van der Waals surface area contributed by atoms with Gasteiger partial charge in [-0.1, -0.05) is 18.2 Å². The van der Waals surface area contributed by atoms with Crippen LogP contribution in [0.1, 0.15) is 46.0 Å². The molecule has 2 atom stereocenters. The normalized spacial score (nSPS) is 20.8. The fourth-order valence-corrected chi connectivity index (χ4v) is 7.75. The molecule has 3 aromatic heterocycles. The highest BCUT2D eigenvalue weighted by molar-refractivity contribution is 7.89. The summed E-state index contributed by atoms with van der Waals surface area (Å²) in [5.74, 6) is -2.84. The molecule has 3 N–H and O–H groups in total. The molecule has 1 aromatic carbocycles. The van der Waals surface area contributed by atoms with Crippen molar-refractivity contribution in [3.8, 4) is 0 Å². The molecule has 0 spiro atoms. The summed E-state index contributed by atoms with van der Waals surface area (Å²) < 4.78 is 76.2. The second-order valence-corrected chi connectivity index (χ2v) is 13.3. The number of ether oxygens (including phenoxy) is 1. The molecule has 12 nitrogen and oxygen atoms in total. The molecule has 2 aliphatic rings. The molecule has 16 heteroatoms. The van der Waals surface area contributed by atoms with Gasteiger partial charge in [-0.25, -0.2) is 13.4 Å². The van der Waals surface area contributed by atoms with E-state index in [-0.39, 0.29) is 42.5 Å². The monoisotopic (exact) mass is 645 g/mol. The predicted molar refractivity (Wildman–Crippen MR) is 155 cm³/mol. The Morgan fingerprint density at radius 1 is 1.20 bits per heavy atom. The first-order chi connectivity index (χ1) is 21.2. The van der Waals surface area contributed by atoms with Crippen LogP contribution in [0.5, 0.6) is 0 Å². The number of hydrogen-bond donors (Lipinski definition) is 2. The number of carbonyl (C=O) groups is 1. The molecule has 6 rings (SSSR count). The molecular weight excluding hydrogens is 615 g/mol. The van der Waals surface area contributed by atoms with Crippen molar-refractivity contribution < 1.29 is 36.2 Å². The molecule has 0 unspecified atom stereocenters. The van der Waals surface area contributed by atoms with Crippen LogP contribution < -0.4 is 10.6 Å². The minimum absolute atomic E-state index is 0.0206. The third-order valence-corrected chi connectivity index (χ3v) is 10.2. The number of aliphatic carboxylic acids is 1. The van der Waals surface area contributed by atoms with Gasteiger partial charge in [-0.3, -0.25) is 9.20 Å². The highest BCUT2D eigenvalue weighted by Gasteiger charge is 2.47. The number of alkyl halides is 3. The minimum atomic E-state index is -4.73. The summed E-state index contributed by atoms with van der Waals surface area (Å²) in [5, 5.41) is 16.9. The summed E-state index contributed by atoms with van der Waals surface area (Å²) in [7, 11) is -4.09. The van der Waals surface area contributed by atoms with Crippen LogP contribution in [0.25, 0.3) is 5.65 Å². The van der Waals surface area contributed by atoms with E-state index in [1.54, 1.807) is 36.1 Å². The number of carboxylic acid groups (broad SMARTS) is 1. The maximum absolute atomic E-state index is 14.0. The molecule has 2 aliphatic heterocycles. The number of anilines is 1. The van der Waals surface area contributed by atoms with Crippen LogP contribution in [-0.2, 0) is 32.3 Å². The molecule has 0 bridgehead atoms. The Hall–Kier alpha value is -4.12. The van der Waals surface area contributed by atoms with Crippen molar-refractivity contribution in [2.24, 2.45) is 5.73 Å². The Kier molecular flexibility index (Phi) is 7.58. The summed E-state index contributed by atoms with van der Waals surface area (Å²) in [5.41, 5.74) is 8.25. The number of nitrogens with zero attached hydrogens (tertiary/aromatic N) is 6. The molecule has 0 amide bonds. The highest BCUT2D eigenvalue weighted by atomic mass is 32.2. The first kappa shape index (κ1) is 30.9. The molecule has 5 heterocycles. The van der Waals surface area contributed by atoms with Crippen molar-refractivity contribution in [1.29, 1.82) is 0 Å². The first-order valence-electron chi connectivity index (χ1n) is 14.0. The van der Waals surface area contributed by atoms with Crippen LogP contribution in [-0.4, -0.2) is 75.3 Å². The third kappa shape index (κ3) is 5.41. The van der Waals surface area contributed by atoms with Crippen LogP contribution in [0.3, 0.4) is 0 Å². The Morgan fingerprint density at radius 3 is 2.71 bits per heavy atom. The van der Waals surface area contributed by atoms with Gasteiger partial charge in [-0.2, -0.15) is 17.5 Å². The smallest absolute Gasteiger partial charge is 0.452 e. The maximum atomic E-state index is 14.0. The fourth-order valence-electron chi connectivity index (χ4n) is 6.13. The lowest BCUT2D eigenvalue weighted by molar-refractivity contribution is -0.145. The van der Waals surface area contributed by atoms with Gasteiger partial charge in [0.2, 0.25) is 15.8 Å². The van der Waals surface area contributed by atoms with Crippen molar-refractivity contribution in [3.63, 3.8) is 0 Å². The second kappa shape index (κ2) is 11.0. The van der Waals surface area contributed by atoms with E-state index in [9.17, 15) is 31.5 Å². The zero-order chi connectivity index (χ0) is 32.3. The molecule has 0 saturated carbocycles. The second-order valence-electron chi connectivity index (χ2n) is 11.4. The molecule has 0 radical (unpaired) electrons. The van der Waals surface area contributed by atoms with Gasteiger partial charge in [0.05, 0.1) is 26.2 Å². The number of pyridine rings is 2. The molecular formula is C29H30F3N7O5S. The van der Waals surface area contributed by atoms with Gasteiger partial charge < -0.3 is 20.5 Å². The lowest BCUT2D eigenvalue weighted by Crippen LogP contribution is -2.67. The van der Waals surface area contributed by atoms with E-state index < -0.39 is 39.6 Å². The molecule has 1 saturated heterocycles. The van der Waals surface area contributed by atoms with Gasteiger partial charge in [0.1, 0.15) is 16.4 Å². The number of nitrogens with two attached hydrogens (primary N) is 1. The van der Waals surface area contributed by atoms with Crippen LogP contribution in [0.4, 0.5) is 19.0 Å². The summed E-state index contributed by atoms with van der Waals surface area (Å²) in [6.07, 6.45) is -2.41. The number of carboxylic acids is 1. The van der Waals surface area contributed by atoms with Crippen LogP contribution in [0, 0.1) is 13.8 Å². The lowest BCUT2D eigenvalue weighted by Gasteiger charge is -2.44. The number of hydrogen-bond acceptors (Lipinski definition) is 9. The van der Waals surface area contributed by atoms with Gasteiger partial charge in [0.15, 0.2) is 5.65 Å². The van der Waals surface area contributed by atoms with E-state index in [4.69, 9.17) is 10.5 Å². The Bertz CT molecular complexity index is 1920. The number of benzene rings is 1. The molecule has 1 fully saturated rings. The SMILES string of the molecule is Cc1ccc([C@@H](CC(=O)O)c2ccn3c(C(F)(F)F)nnc3c2C)cc1CN1C[C@]2(N)COCCN2c2ncccc2S1(=O)=O. The largest absolute Gasteiger partial charge is 0.481 e. The number of fused-ring (bicyclic) bond motifs is 4. The fraction of sp³-hybridized carbons (Fsp3) is 0.379. The van der Waals surface area contributed by atoms with E-state index >= 15 is 0 Å². The molecule has 4 aromatic rings.